The number of benzene rings is 1. The van der Waals surface area contributed by atoms with Crippen molar-refractivity contribution in [2.45, 2.75) is 6.04 Å². The molecule has 1 rings (SSSR count). The summed E-state index contributed by atoms with van der Waals surface area (Å²) in [7, 11) is 0. The minimum atomic E-state index is -1.01. The summed E-state index contributed by atoms with van der Waals surface area (Å²) in [6.07, 6.45) is 0. The lowest BCUT2D eigenvalue weighted by molar-refractivity contribution is 0.0697. The first-order valence-corrected chi connectivity index (χ1v) is 5.39. The molecule has 0 amide bonds. The minimum absolute atomic E-state index is 0.168. The van der Waals surface area contributed by atoms with Gasteiger partial charge in [-0.25, -0.2) is 4.79 Å². The predicted octanol–water partition coefficient (Wildman–Crippen LogP) is 0.912. The van der Waals surface area contributed by atoms with Gasteiger partial charge in [0.2, 0.25) is 0 Å². The molecule has 0 aliphatic carbocycles. The van der Waals surface area contributed by atoms with Crippen molar-refractivity contribution >= 4 is 27.6 Å². The standard InChI is InChI=1S/C10H12BrNO4/c11-8-3-6(10(15)16)1-2-9(8)12-7(4-13)5-14/h1-3,7,12-14H,4-5H2,(H,15,16). The minimum Gasteiger partial charge on any atom is -0.478 e. The molecule has 4 N–H and O–H groups in total. The summed E-state index contributed by atoms with van der Waals surface area (Å²) in [5.74, 6) is -1.01. The topological polar surface area (TPSA) is 89.8 Å². The van der Waals surface area contributed by atoms with E-state index in [0.717, 1.165) is 0 Å². The lowest BCUT2D eigenvalue weighted by Gasteiger charge is -2.16. The van der Waals surface area contributed by atoms with Crippen molar-refractivity contribution < 1.29 is 20.1 Å². The van der Waals surface area contributed by atoms with Crippen LogP contribution in [0.25, 0.3) is 0 Å². The van der Waals surface area contributed by atoms with Gasteiger partial charge in [0.15, 0.2) is 0 Å². The van der Waals surface area contributed by atoms with Gasteiger partial charge in [0.25, 0.3) is 0 Å². The molecule has 0 spiro atoms. The van der Waals surface area contributed by atoms with Crippen LogP contribution >= 0.6 is 15.9 Å². The molecule has 0 heterocycles. The summed E-state index contributed by atoms with van der Waals surface area (Å²) in [4.78, 5) is 10.7. The van der Waals surface area contributed by atoms with Crippen LogP contribution in [0, 0.1) is 0 Å². The molecular weight excluding hydrogens is 278 g/mol. The van der Waals surface area contributed by atoms with Crippen LogP contribution in [-0.2, 0) is 0 Å². The first-order valence-electron chi connectivity index (χ1n) is 4.59. The number of aliphatic hydroxyl groups excluding tert-OH is 2. The Balaban J connectivity index is 2.86. The highest BCUT2D eigenvalue weighted by atomic mass is 79.9. The summed E-state index contributed by atoms with van der Waals surface area (Å²) in [6.45, 7) is -0.409. The average Bonchev–Trinajstić information content (AvgIpc) is 2.27. The van der Waals surface area contributed by atoms with Crippen LogP contribution in [0.4, 0.5) is 5.69 Å². The third-order valence-corrected chi connectivity index (χ3v) is 2.67. The largest absolute Gasteiger partial charge is 0.478 e. The van der Waals surface area contributed by atoms with E-state index in [1.165, 1.54) is 12.1 Å². The zero-order chi connectivity index (χ0) is 12.1. The molecule has 0 bridgehead atoms. The molecule has 0 aromatic heterocycles. The Bertz CT molecular complexity index is 379. The van der Waals surface area contributed by atoms with E-state index in [1.807, 2.05) is 0 Å². The van der Waals surface area contributed by atoms with E-state index in [4.69, 9.17) is 15.3 Å². The Morgan fingerprint density at radius 2 is 2.00 bits per heavy atom. The Hall–Kier alpha value is -1.11. The molecule has 16 heavy (non-hydrogen) atoms. The maximum atomic E-state index is 10.7. The molecule has 0 atom stereocenters. The molecule has 0 aliphatic heterocycles. The molecule has 5 nitrogen and oxygen atoms in total. The van der Waals surface area contributed by atoms with E-state index in [9.17, 15) is 4.79 Å². The Morgan fingerprint density at radius 3 is 2.44 bits per heavy atom. The molecule has 6 heteroatoms. The average molecular weight is 290 g/mol. The van der Waals surface area contributed by atoms with Gasteiger partial charge in [0.05, 0.1) is 24.8 Å². The number of rotatable bonds is 5. The number of carbonyl (C=O) groups is 1. The number of nitrogens with one attached hydrogen (secondary N) is 1. The lowest BCUT2D eigenvalue weighted by Crippen LogP contribution is -2.27. The molecule has 1 aromatic carbocycles. The second-order valence-corrected chi connectivity index (χ2v) is 4.06. The van der Waals surface area contributed by atoms with Gasteiger partial charge in [-0.1, -0.05) is 0 Å². The zero-order valence-corrected chi connectivity index (χ0v) is 9.94. The van der Waals surface area contributed by atoms with Crippen molar-refractivity contribution in [3.8, 4) is 0 Å². The Kier molecular flexibility index (Phi) is 4.72. The molecule has 0 radical (unpaired) electrons. The van der Waals surface area contributed by atoms with E-state index in [-0.39, 0.29) is 18.8 Å². The van der Waals surface area contributed by atoms with Crippen molar-refractivity contribution in [3.63, 3.8) is 0 Å². The van der Waals surface area contributed by atoms with E-state index >= 15 is 0 Å². The van der Waals surface area contributed by atoms with Crippen LogP contribution in [0.15, 0.2) is 22.7 Å². The van der Waals surface area contributed by atoms with Gasteiger partial charge < -0.3 is 20.6 Å². The van der Waals surface area contributed by atoms with Gasteiger partial charge in [-0.05, 0) is 34.1 Å². The number of aromatic carboxylic acids is 1. The number of carboxylic acid groups (broad SMARTS) is 1. The fraction of sp³-hybridized carbons (Fsp3) is 0.300. The van der Waals surface area contributed by atoms with Gasteiger partial charge >= 0.3 is 5.97 Å². The molecule has 0 fully saturated rings. The molecule has 0 saturated heterocycles. The second kappa shape index (κ2) is 5.83. The molecular formula is C10H12BrNO4. The third-order valence-electron chi connectivity index (χ3n) is 2.02. The monoisotopic (exact) mass is 289 g/mol. The zero-order valence-electron chi connectivity index (χ0n) is 8.35. The molecule has 0 saturated carbocycles. The first kappa shape index (κ1) is 13.0. The summed E-state index contributed by atoms with van der Waals surface area (Å²) >= 11 is 3.21. The smallest absolute Gasteiger partial charge is 0.335 e. The van der Waals surface area contributed by atoms with Crippen LogP contribution in [-0.4, -0.2) is 40.5 Å². The van der Waals surface area contributed by atoms with Crippen LogP contribution in [0.5, 0.6) is 0 Å². The maximum absolute atomic E-state index is 10.7. The number of hydrogen-bond acceptors (Lipinski definition) is 4. The van der Waals surface area contributed by atoms with Gasteiger partial charge in [0, 0.05) is 10.2 Å². The number of hydrogen-bond donors (Lipinski definition) is 4. The van der Waals surface area contributed by atoms with Crippen LogP contribution in [0.2, 0.25) is 0 Å². The number of aliphatic hydroxyl groups is 2. The summed E-state index contributed by atoms with van der Waals surface area (Å²) in [5.41, 5.74) is 0.792. The predicted molar refractivity (Wildman–Crippen MR) is 62.7 cm³/mol. The van der Waals surface area contributed by atoms with E-state index in [0.29, 0.717) is 10.2 Å². The van der Waals surface area contributed by atoms with Gasteiger partial charge in [0.1, 0.15) is 0 Å². The number of anilines is 1. The highest BCUT2D eigenvalue weighted by Gasteiger charge is 2.10. The Morgan fingerprint density at radius 1 is 1.38 bits per heavy atom. The third kappa shape index (κ3) is 3.19. The van der Waals surface area contributed by atoms with E-state index < -0.39 is 12.0 Å². The van der Waals surface area contributed by atoms with Crippen molar-refractivity contribution in [1.82, 2.24) is 0 Å². The SMILES string of the molecule is O=C(O)c1ccc(NC(CO)CO)c(Br)c1. The maximum Gasteiger partial charge on any atom is 0.335 e. The molecule has 0 aliphatic rings. The fourth-order valence-corrected chi connectivity index (χ4v) is 1.63. The highest BCUT2D eigenvalue weighted by Crippen LogP contribution is 2.24. The van der Waals surface area contributed by atoms with Crippen molar-refractivity contribution in [2.75, 3.05) is 18.5 Å². The highest BCUT2D eigenvalue weighted by molar-refractivity contribution is 9.10. The first-order chi connectivity index (χ1) is 7.58. The van der Waals surface area contributed by atoms with Gasteiger partial charge in [-0.3, -0.25) is 0 Å². The second-order valence-electron chi connectivity index (χ2n) is 3.21. The van der Waals surface area contributed by atoms with Crippen molar-refractivity contribution in [1.29, 1.82) is 0 Å². The molecule has 0 unspecified atom stereocenters. The van der Waals surface area contributed by atoms with Crippen LogP contribution in [0.1, 0.15) is 10.4 Å². The quantitative estimate of drug-likeness (QED) is 0.647. The summed E-state index contributed by atoms with van der Waals surface area (Å²) in [6, 6.07) is 4.01. The summed E-state index contributed by atoms with van der Waals surface area (Å²) in [5, 5.41) is 29.4. The van der Waals surface area contributed by atoms with Crippen molar-refractivity contribution in [3.05, 3.63) is 28.2 Å². The Labute approximate surface area is 101 Å². The van der Waals surface area contributed by atoms with E-state index in [1.54, 1.807) is 6.07 Å². The number of halogens is 1. The molecule has 88 valence electrons. The van der Waals surface area contributed by atoms with Gasteiger partial charge in [-0.15, -0.1) is 0 Å². The summed E-state index contributed by atoms with van der Waals surface area (Å²) < 4.78 is 0.569. The number of carboxylic acids is 1. The van der Waals surface area contributed by atoms with Gasteiger partial charge in [-0.2, -0.15) is 0 Å². The van der Waals surface area contributed by atoms with Crippen LogP contribution < -0.4 is 5.32 Å². The lowest BCUT2D eigenvalue weighted by atomic mass is 10.2. The molecule has 1 aromatic rings. The fourth-order valence-electron chi connectivity index (χ4n) is 1.13. The van der Waals surface area contributed by atoms with Crippen LogP contribution in [0.3, 0.4) is 0 Å². The normalized spacial score (nSPS) is 10.5. The van der Waals surface area contributed by atoms with E-state index in [2.05, 4.69) is 21.2 Å². The van der Waals surface area contributed by atoms with Crippen molar-refractivity contribution in [2.24, 2.45) is 0 Å².